The van der Waals surface area contributed by atoms with Gasteiger partial charge in [-0.05, 0) is 57.6 Å². The summed E-state index contributed by atoms with van der Waals surface area (Å²) >= 11 is 0. The van der Waals surface area contributed by atoms with E-state index in [-0.39, 0.29) is 17.3 Å². The van der Waals surface area contributed by atoms with Crippen LogP contribution in [0.4, 0.5) is 4.79 Å². The predicted octanol–water partition coefficient (Wildman–Crippen LogP) is 3.23. The van der Waals surface area contributed by atoms with Crippen LogP contribution in [-0.2, 0) is 21.2 Å². The number of pyridine rings is 1. The molecule has 0 unspecified atom stereocenters. The summed E-state index contributed by atoms with van der Waals surface area (Å²) in [5, 5.41) is 0. The van der Waals surface area contributed by atoms with E-state index in [4.69, 9.17) is 9.47 Å². The van der Waals surface area contributed by atoms with Crippen molar-refractivity contribution in [2.45, 2.75) is 63.6 Å². The van der Waals surface area contributed by atoms with Crippen molar-refractivity contribution in [1.82, 2.24) is 14.2 Å². The van der Waals surface area contributed by atoms with Gasteiger partial charge in [-0.1, -0.05) is 6.08 Å². The topological polar surface area (TPSA) is 89.0 Å². The lowest BCUT2D eigenvalue weighted by Crippen LogP contribution is -2.48. The third-order valence-corrected chi connectivity index (χ3v) is 8.98. The first-order valence-corrected chi connectivity index (χ1v) is 13.7. The van der Waals surface area contributed by atoms with Crippen LogP contribution in [0.25, 0.3) is 5.57 Å². The summed E-state index contributed by atoms with van der Waals surface area (Å²) in [4.78, 5) is 18.9. The second-order valence-electron chi connectivity index (χ2n) is 10.4. The molecule has 4 aliphatic rings. The maximum absolute atomic E-state index is 12.4. The summed E-state index contributed by atoms with van der Waals surface area (Å²) in [5.41, 5.74) is 2.59. The molecule has 180 valence electrons. The largest absolute Gasteiger partial charge is 0.485 e. The molecule has 8 nitrogen and oxygen atoms in total. The SMILES string of the molecule is CC1(OC(=O)N2CCC([C@]3(C)Cc4cc(C5=CCN(S(C)(=O)=O)CC5)ncc4O3)CC2)CC1. The van der Waals surface area contributed by atoms with Gasteiger partial charge in [-0.2, -0.15) is 4.31 Å². The summed E-state index contributed by atoms with van der Waals surface area (Å²) in [6.45, 7) is 6.43. The highest BCUT2D eigenvalue weighted by atomic mass is 32.2. The summed E-state index contributed by atoms with van der Waals surface area (Å²) in [6, 6.07) is 2.10. The number of piperidine rings is 1. The van der Waals surface area contributed by atoms with E-state index in [9.17, 15) is 13.2 Å². The molecule has 1 aromatic heterocycles. The van der Waals surface area contributed by atoms with Gasteiger partial charge in [0.25, 0.3) is 0 Å². The number of sulfonamides is 1. The highest BCUT2D eigenvalue weighted by molar-refractivity contribution is 7.88. The predicted molar refractivity (Wildman–Crippen MR) is 124 cm³/mol. The number of aromatic nitrogens is 1. The van der Waals surface area contributed by atoms with E-state index < -0.39 is 10.0 Å². The van der Waals surface area contributed by atoms with Gasteiger partial charge in [0, 0.05) is 44.1 Å². The monoisotopic (exact) mass is 475 g/mol. The van der Waals surface area contributed by atoms with Crippen LogP contribution in [0.3, 0.4) is 0 Å². The Kier molecular flexibility index (Phi) is 5.47. The maximum atomic E-state index is 12.4. The number of rotatable bonds is 4. The standard InChI is InChI=1S/C24H33N3O5S/c1-23(8-9-23)32-22(28)26-10-6-19(7-11-26)24(2)15-18-14-20(25-16-21(18)31-24)17-4-12-27(13-5-17)33(3,29)30/h4,14,16,19H,5-13,15H2,1-3H3/t24-/m0/s1. The van der Waals surface area contributed by atoms with Crippen LogP contribution < -0.4 is 4.74 Å². The molecule has 5 rings (SSSR count). The normalized spacial score (nSPS) is 27.5. The van der Waals surface area contributed by atoms with Crippen molar-refractivity contribution in [1.29, 1.82) is 0 Å². The van der Waals surface area contributed by atoms with Gasteiger partial charge in [0.05, 0.1) is 18.1 Å². The van der Waals surface area contributed by atoms with Crippen molar-refractivity contribution in [2.24, 2.45) is 5.92 Å². The van der Waals surface area contributed by atoms with Crippen molar-refractivity contribution >= 4 is 21.7 Å². The Morgan fingerprint density at radius 1 is 1.21 bits per heavy atom. The highest BCUT2D eigenvalue weighted by Crippen LogP contribution is 2.44. The van der Waals surface area contributed by atoms with Crippen molar-refractivity contribution < 1.29 is 22.7 Å². The number of hydrogen-bond donors (Lipinski definition) is 0. The Hall–Kier alpha value is -2.13. The summed E-state index contributed by atoms with van der Waals surface area (Å²) in [7, 11) is -3.17. The zero-order valence-corrected chi connectivity index (χ0v) is 20.5. The number of carbonyl (C=O) groups excluding carboxylic acids is 1. The Morgan fingerprint density at radius 2 is 1.94 bits per heavy atom. The number of nitrogens with zero attached hydrogens (tertiary/aromatic N) is 3. The molecular formula is C24H33N3O5S. The van der Waals surface area contributed by atoms with Crippen molar-refractivity contribution in [2.75, 3.05) is 32.4 Å². The van der Waals surface area contributed by atoms with E-state index in [1.165, 1.54) is 10.6 Å². The average molecular weight is 476 g/mol. The minimum absolute atomic E-state index is 0.182. The first-order chi connectivity index (χ1) is 15.5. The maximum Gasteiger partial charge on any atom is 0.410 e. The van der Waals surface area contributed by atoms with Gasteiger partial charge in [0.1, 0.15) is 17.0 Å². The first-order valence-electron chi connectivity index (χ1n) is 11.9. The van der Waals surface area contributed by atoms with Crippen LogP contribution in [0.15, 0.2) is 18.3 Å². The smallest absolute Gasteiger partial charge is 0.410 e. The van der Waals surface area contributed by atoms with Crippen LogP contribution in [0.1, 0.15) is 57.2 Å². The second kappa shape index (κ2) is 7.98. The van der Waals surface area contributed by atoms with Gasteiger partial charge in [0.15, 0.2) is 0 Å². The van der Waals surface area contributed by atoms with Crippen LogP contribution >= 0.6 is 0 Å². The van der Waals surface area contributed by atoms with Gasteiger partial charge >= 0.3 is 6.09 Å². The molecule has 3 aliphatic heterocycles. The fourth-order valence-electron chi connectivity index (χ4n) is 5.19. The third-order valence-electron chi connectivity index (χ3n) is 7.71. The Balaban J connectivity index is 1.21. The van der Waals surface area contributed by atoms with E-state index in [1.807, 2.05) is 24.1 Å². The minimum atomic E-state index is -3.17. The Bertz CT molecular complexity index is 1090. The quantitative estimate of drug-likeness (QED) is 0.664. The molecule has 1 atom stereocenters. The Labute approximate surface area is 196 Å². The number of amides is 1. The second-order valence-corrected chi connectivity index (χ2v) is 12.4. The molecule has 0 bridgehead atoms. The first kappa shape index (κ1) is 22.7. The molecular weight excluding hydrogens is 442 g/mol. The molecule has 0 radical (unpaired) electrons. The van der Waals surface area contributed by atoms with Crippen LogP contribution in [0.2, 0.25) is 0 Å². The molecule has 33 heavy (non-hydrogen) atoms. The number of fused-ring (bicyclic) bond motifs is 1. The zero-order chi connectivity index (χ0) is 23.4. The lowest BCUT2D eigenvalue weighted by Gasteiger charge is -2.39. The summed E-state index contributed by atoms with van der Waals surface area (Å²) in [5.74, 6) is 1.19. The zero-order valence-electron chi connectivity index (χ0n) is 19.7. The van der Waals surface area contributed by atoms with E-state index in [1.54, 1.807) is 0 Å². The van der Waals surface area contributed by atoms with Crippen molar-refractivity contribution in [3.05, 3.63) is 29.6 Å². The van der Waals surface area contributed by atoms with E-state index >= 15 is 0 Å². The van der Waals surface area contributed by atoms with Gasteiger partial charge in [-0.25, -0.2) is 13.2 Å². The van der Waals surface area contributed by atoms with E-state index in [0.29, 0.717) is 38.5 Å². The molecule has 1 saturated heterocycles. The van der Waals surface area contributed by atoms with E-state index in [0.717, 1.165) is 54.7 Å². The molecule has 1 saturated carbocycles. The highest BCUT2D eigenvalue weighted by Gasteiger charge is 2.46. The van der Waals surface area contributed by atoms with Crippen molar-refractivity contribution in [3.8, 4) is 5.75 Å². The van der Waals surface area contributed by atoms with Gasteiger partial charge in [-0.3, -0.25) is 4.98 Å². The van der Waals surface area contributed by atoms with Gasteiger partial charge in [0.2, 0.25) is 10.0 Å². The molecule has 1 aliphatic carbocycles. The minimum Gasteiger partial charge on any atom is -0.485 e. The third kappa shape index (κ3) is 4.62. The van der Waals surface area contributed by atoms with E-state index in [2.05, 4.69) is 18.0 Å². The molecule has 0 N–H and O–H groups in total. The summed E-state index contributed by atoms with van der Waals surface area (Å²) in [6.07, 6.45) is 10.0. The average Bonchev–Trinajstić information content (AvgIpc) is 3.39. The van der Waals surface area contributed by atoms with Gasteiger partial charge in [-0.15, -0.1) is 0 Å². The summed E-state index contributed by atoms with van der Waals surface area (Å²) < 4.78 is 37.1. The molecule has 2 fully saturated rings. The lowest BCUT2D eigenvalue weighted by atomic mass is 9.79. The number of ether oxygens (including phenoxy) is 2. The molecule has 4 heterocycles. The fraction of sp³-hybridized carbons (Fsp3) is 0.667. The van der Waals surface area contributed by atoms with Crippen LogP contribution in [0.5, 0.6) is 5.75 Å². The fourth-order valence-corrected chi connectivity index (χ4v) is 5.96. The molecule has 0 spiro atoms. The molecule has 0 aromatic carbocycles. The van der Waals surface area contributed by atoms with Crippen LogP contribution in [0, 0.1) is 5.92 Å². The Morgan fingerprint density at radius 3 is 2.55 bits per heavy atom. The van der Waals surface area contributed by atoms with Crippen LogP contribution in [-0.4, -0.2) is 72.3 Å². The molecule has 9 heteroatoms. The number of carbonyl (C=O) groups is 1. The molecule has 1 aromatic rings. The lowest BCUT2D eigenvalue weighted by molar-refractivity contribution is 0.00192. The number of hydrogen-bond acceptors (Lipinski definition) is 6. The molecule has 1 amide bonds. The van der Waals surface area contributed by atoms with Gasteiger partial charge < -0.3 is 14.4 Å². The number of likely N-dealkylation sites (tertiary alicyclic amines) is 1. The van der Waals surface area contributed by atoms with Crippen molar-refractivity contribution in [3.63, 3.8) is 0 Å².